The molecule has 1 saturated heterocycles. The zero-order valence-corrected chi connectivity index (χ0v) is 11.4. The van der Waals surface area contributed by atoms with E-state index in [0.29, 0.717) is 52.4 Å². The first-order chi connectivity index (χ1) is 9.24. The van der Waals surface area contributed by atoms with Crippen LogP contribution in [0.3, 0.4) is 0 Å². The van der Waals surface area contributed by atoms with Crippen molar-refractivity contribution in [2.24, 2.45) is 0 Å². The summed E-state index contributed by atoms with van der Waals surface area (Å²) in [6.07, 6.45) is 0.337. The first kappa shape index (κ1) is 15.9. The Labute approximate surface area is 113 Å². The smallest absolute Gasteiger partial charge is 0.233 e. The van der Waals surface area contributed by atoms with Crippen LogP contribution in [0.1, 0.15) is 6.42 Å². The van der Waals surface area contributed by atoms with E-state index in [9.17, 15) is 9.59 Å². The summed E-state index contributed by atoms with van der Waals surface area (Å²) in [7, 11) is 1.61. The predicted molar refractivity (Wildman–Crippen MR) is 69.8 cm³/mol. The first-order valence-corrected chi connectivity index (χ1v) is 6.56. The van der Waals surface area contributed by atoms with Gasteiger partial charge in [-0.1, -0.05) is 0 Å². The van der Waals surface area contributed by atoms with E-state index in [0.717, 1.165) is 0 Å². The summed E-state index contributed by atoms with van der Waals surface area (Å²) in [5.74, 6) is -0.0400. The van der Waals surface area contributed by atoms with Crippen molar-refractivity contribution in [1.82, 2.24) is 15.5 Å². The quantitative estimate of drug-likeness (QED) is 0.531. The van der Waals surface area contributed by atoms with E-state index >= 15 is 0 Å². The molecule has 0 aromatic rings. The number of ether oxygens (including phenoxy) is 2. The number of morpholine rings is 1. The normalized spacial score (nSPS) is 15.3. The molecule has 1 rings (SSSR count). The molecular weight excluding hydrogens is 250 g/mol. The van der Waals surface area contributed by atoms with Gasteiger partial charge in [-0.15, -0.1) is 0 Å². The van der Waals surface area contributed by atoms with Crippen molar-refractivity contribution in [1.29, 1.82) is 0 Å². The molecule has 0 aromatic heterocycles. The molecule has 0 atom stereocenters. The van der Waals surface area contributed by atoms with Gasteiger partial charge < -0.3 is 25.0 Å². The van der Waals surface area contributed by atoms with Gasteiger partial charge in [-0.2, -0.15) is 0 Å². The fourth-order valence-corrected chi connectivity index (χ4v) is 1.72. The standard InChI is InChI=1S/C12H23N3O4/c1-18-7-4-13-10-11(16)14-3-2-12(17)15-5-8-19-9-6-15/h13H,2-10H2,1H3,(H,14,16). The number of hydrogen-bond donors (Lipinski definition) is 2. The number of nitrogens with zero attached hydrogens (tertiary/aromatic N) is 1. The lowest BCUT2D eigenvalue weighted by Gasteiger charge is -2.26. The molecule has 1 aliphatic rings. The van der Waals surface area contributed by atoms with Crippen LogP contribution in [0.5, 0.6) is 0 Å². The van der Waals surface area contributed by atoms with Gasteiger partial charge in [-0.3, -0.25) is 9.59 Å². The molecule has 0 aliphatic carbocycles. The minimum Gasteiger partial charge on any atom is -0.383 e. The monoisotopic (exact) mass is 273 g/mol. The third-order valence-corrected chi connectivity index (χ3v) is 2.79. The SMILES string of the molecule is COCCNCC(=O)NCCC(=O)N1CCOCC1. The fraction of sp³-hybridized carbons (Fsp3) is 0.833. The lowest BCUT2D eigenvalue weighted by Crippen LogP contribution is -2.42. The second kappa shape index (κ2) is 9.71. The summed E-state index contributed by atoms with van der Waals surface area (Å²) in [4.78, 5) is 24.9. The Morgan fingerprint density at radius 1 is 1.26 bits per heavy atom. The second-order valence-electron chi connectivity index (χ2n) is 4.26. The maximum Gasteiger partial charge on any atom is 0.233 e. The Morgan fingerprint density at radius 3 is 2.68 bits per heavy atom. The van der Waals surface area contributed by atoms with Crippen LogP contribution in [0.2, 0.25) is 0 Å². The van der Waals surface area contributed by atoms with E-state index in [2.05, 4.69) is 10.6 Å². The molecule has 7 nitrogen and oxygen atoms in total. The number of carbonyl (C=O) groups is 2. The summed E-state index contributed by atoms with van der Waals surface area (Å²) in [6, 6.07) is 0. The zero-order chi connectivity index (χ0) is 13.9. The molecule has 19 heavy (non-hydrogen) atoms. The van der Waals surface area contributed by atoms with Crippen LogP contribution in [0, 0.1) is 0 Å². The van der Waals surface area contributed by atoms with E-state index in [1.165, 1.54) is 0 Å². The fourth-order valence-electron chi connectivity index (χ4n) is 1.72. The topological polar surface area (TPSA) is 79.9 Å². The Bertz CT molecular complexity index is 280. The molecule has 0 aromatic carbocycles. The highest BCUT2D eigenvalue weighted by Gasteiger charge is 2.16. The summed E-state index contributed by atoms with van der Waals surface area (Å²) in [5.41, 5.74) is 0. The van der Waals surface area contributed by atoms with Gasteiger partial charge in [-0.05, 0) is 0 Å². The molecular formula is C12H23N3O4. The first-order valence-electron chi connectivity index (χ1n) is 6.56. The lowest BCUT2D eigenvalue weighted by atomic mass is 10.3. The second-order valence-corrected chi connectivity index (χ2v) is 4.26. The molecule has 110 valence electrons. The summed E-state index contributed by atoms with van der Waals surface area (Å²) >= 11 is 0. The molecule has 0 radical (unpaired) electrons. The number of rotatable bonds is 8. The minimum atomic E-state index is -0.106. The Hall–Kier alpha value is -1.18. The maximum absolute atomic E-state index is 11.8. The van der Waals surface area contributed by atoms with Gasteiger partial charge in [0.15, 0.2) is 0 Å². The average Bonchev–Trinajstić information content (AvgIpc) is 2.44. The number of hydrogen-bond acceptors (Lipinski definition) is 5. The number of amides is 2. The van der Waals surface area contributed by atoms with Crippen molar-refractivity contribution in [2.75, 3.05) is 59.7 Å². The summed E-state index contributed by atoms with van der Waals surface area (Å²) in [5, 5.41) is 5.65. The maximum atomic E-state index is 11.8. The van der Waals surface area contributed by atoms with Gasteiger partial charge in [0.25, 0.3) is 0 Å². The predicted octanol–water partition coefficient (Wildman–Crippen LogP) is -1.41. The molecule has 1 fully saturated rings. The Kier molecular flexibility index (Phi) is 8.11. The van der Waals surface area contributed by atoms with Gasteiger partial charge in [0, 0.05) is 39.7 Å². The molecule has 0 unspecified atom stereocenters. The molecule has 2 amide bonds. The molecule has 0 bridgehead atoms. The summed E-state index contributed by atoms with van der Waals surface area (Å²) in [6.45, 7) is 4.31. The van der Waals surface area contributed by atoms with Crippen LogP contribution >= 0.6 is 0 Å². The van der Waals surface area contributed by atoms with E-state index in [4.69, 9.17) is 9.47 Å². The third kappa shape index (κ3) is 7.09. The average molecular weight is 273 g/mol. The van der Waals surface area contributed by atoms with Crippen LogP contribution in [0.25, 0.3) is 0 Å². The van der Waals surface area contributed by atoms with Crippen LogP contribution in [-0.4, -0.2) is 76.4 Å². The highest BCUT2D eigenvalue weighted by atomic mass is 16.5. The molecule has 7 heteroatoms. The van der Waals surface area contributed by atoms with Gasteiger partial charge in [-0.25, -0.2) is 0 Å². The van der Waals surface area contributed by atoms with Crippen molar-refractivity contribution in [3.63, 3.8) is 0 Å². The highest BCUT2D eigenvalue weighted by Crippen LogP contribution is 1.99. The molecule has 1 aliphatic heterocycles. The third-order valence-electron chi connectivity index (χ3n) is 2.79. The van der Waals surface area contributed by atoms with Crippen molar-refractivity contribution in [3.8, 4) is 0 Å². The largest absolute Gasteiger partial charge is 0.383 e. The van der Waals surface area contributed by atoms with Gasteiger partial charge in [0.2, 0.25) is 11.8 Å². The van der Waals surface area contributed by atoms with Crippen LogP contribution in [-0.2, 0) is 19.1 Å². The Morgan fingerprint density at radius 2 is 2.00 bits per heavy atom. The number of nitrogens with one attached hydrogen (secondary N) is 2. The van der Waals surface area contributed by atoms with Crippen molar-refractivity contribution in [2.45, 2.75) is 6.42 Å². The van der Waals surface area contributed by atoms with Gasteiger partial charge in [0.1, 0.15) is 0 Å². The van der Waals surface area contributed by atoms with Crippen molar-refractivity contribution in [3.05, 3.63) is 0 Å². The summed E-state index contributed by atoms with van der Waals surface area (Å²) < 4.78 is 10.0. The van der Waals surface area contributed by atoms with Crippen LogP contribution in [0.15, 0.2) is 0 Å². The number of carbonyl (C=O) groups excluding carboxylic acids is 2. The molecule has 2 N–H and O–H groups in total. The van der Waals surface area contributed by atoms with E-state index in [-0.39, 0.29) is 18.4 Å². The Balaban J connectivity index is 2.02. The van der Waals surface area contributed by atoms with Crippen LogP contribution in [0.4, 0.5) is 0 Å². The highest BCUT2D eigenvalue weighted by molar-refractivity contribution is 5.80. The lowest BCUT2D eigenvalue weighted by molar-refractivity contribution is -0.135. The van der Waals surface area contributed by atoms with Crippen LogP contribution < -0.4 is 10.6 Å². The minimum absolute atomic E-state index is 0.0657. The van der Waals surface area contributed by atoms with Gasteiger partial charge >= 0.3 is 0 Å². The molecule has 0 spiro atoms. The van der Waals surface area contributed by atoms with Crippen molar-refractivity contribution >= 4 is 11.8 Å². The molecule has 0 saturated carbocycles. The van der Waals surface area contributed by atoms with E-state index in [1.807, 2.05) is 0 Å². The number of methoxy groups -OCH3 is 1. The van der Waals surface area contributed by atoms with Gasteiger partial charge in [0.05, 0.1) is 26.4 Å². The van der Waals surface area contributed by atoms with E-state index < -0.39 is 0 Å². The molecule has 1 heterocycles. The van der Waals surface area contributed by atoms with Crippen molar-refractivity contribution < 1.29 is 19.1 Å². The zero-order valence-electron chi connectivity index (χ0n) is 11.4. The van der Waals surface area contributed by atoms with E-state index in [1.54, 1.807) is 12.0 Å².